The minimum Gasteiger partial charge on any atom is -0.378 e. The number of carbonyl (C=O) groups is 1. The van der Waals surface area contributed by atoms with Crippen molar-refractivity contribution in [2.24, 2.45) is 5.92 Å². The van der Waals surface area contributed by atoms with Gasteiger partial charge in [-0.3, -0.25) is 9.36 Å². The van der Waals surface area contributed by atoms with Crippen LogP contribution in [0.1, 0.15) is 52.9 Å². The van der Waals surface area contributed by atoms with Crippen LogP contribution in [-0.2, 0) is 16.1 Å². The molecule has 1 aromatic rings. The predicted molar refractivity (Wildman–Crippen MR) is 117 cm³/mol. The molecular formula is C21H35N5O2S. The highest BCUT2D eigenvalue weighted by Gasteiger charge is 2.24. The van der Waals surface area contributed by atoms with Crippen LogP contribution in [0, 0.1) is 5.92 Å². The maximum Gasteiger partial charge on any atom is 0.233 e. The fourth-order valence-electron chi connectivity index (χ4n) is 3.72. The highest BCUT2D eigenvalue weighted by molar-refractivity contribution is 8.00. The fourth-order valence-corrected chi connectivity index (χ4v) is 4.60. The summed E-state index contributed by atoms with van der Waals surface area (Å²) in [7, 11) is 0. The third-order valence-electron chi connectivity index (χ3n) is 5.32. The molecule has 2 heterocycles. The molecule has 1 unspecified atom stereocenters. The van der Waals surface area contributed by atoms with E-state index in [1.54, 1.807) is 0 Å². The Hall–Kier alpha value is -1.54. The third-order valence-corrected chi connectivity index (χ3v) is 6.40. The number of nitrogens with one attached hydrogen (secondary N) is 1. The van der Waals surface area contributed by atoms with Crippen molar-refractivity contribution < 1.29 is 9.53 Å². The Balaban J connectivity index is 1.57. The summed E-state index contributed by atoms with van der Waals surface area (Å²) in [5.41, 5.74) is 1.49. The second kappa shape index (κ2) is 11.0. The van der Waals surface area contributed by atoms with Crippen molar-refractivity contribution >= 4 is 23.6 Å². The first-order chi connectivity index (χ1) is 14.0. The van der Waals surface area contributed by atoms with Gasteiger partial charge < -0.3 is 15.0 Å². The van der Waals surface area contributed by atoms with Crippen LogP contribution < -0.4 is 10.2 Å². The van der Waals surface area contributed by atoms with Crippen LogP contribution in [0.25, 0.3) is 0 Å². The van der Waals surface area contributed by atoms with Gasteiger partial charge in [0.05, 0.1) is 18.5 Å². The molecule has 1 N–H and O–H groups in total. The molecule has 1 fully saturated rings. The van der Waals surface area contributed by atoms with E-state index < -0.39 is 0 Å². The number of hydrogen-bond donors (Lipinski definition) is 1. The van der Waals surface area contributed by atoms with Crippen LogP contribution in [0.2, 0.25) is 0 Å². The SMILES string of the molecule is CC(C)Cn1c(SC(C)C(=O)NCCC2=CCCCC2)nnc1N1CCOCC1. The number of allylic oxidation sites excluding steroid dienone is 1. The first kappa shape index (κ1) is 22.2. The fraction of sp³-hybridized carbons (Fsp3) is 0.762. The molecule has 0 aromatic carbocycles. The number of rotatable bonds is 9. The van der Waals surface area contributed by atoms with E-state index in [0.717, 1.165) is 37.2 Å². The Morgan fingerprint density at radius 3 is 2.72 bits per heavy atom. The summed E-state index contributed by atoms with van der Waals surface area (Å²) < 4.78 is 7.63. The molecule has 162 valence electrons. The molecule has 1 saturated heterocycles. The van der Waals surface area contributed by atoms with E-state index in [4.69, 9.17) is 4.74 Å². The average Bonchev–Trinajstić information content (AvgIpc) is 3.10. The topological polar surface area (TPSA) is 72.3 Å². The molecule has 3 rings (SSSR count). The number of anilines is 1. The molecule has 8 heteroatoms. The van der Waals surface area contributed by atoms with E-state index in [9.17, 15) is 4.79 Å². The van der Waals surface area contributed by atoms with Gasteiger partial charge in [-0.05, 0) is 44.9 Å². The molecule has 1 aliphatic carbocycles. The monoisotopic (exact) mass is 421 g/mol. The maximum atomic E-state index is 12.6. The maximum absolute atomic E-state index is 12.6. The smallest absolute Gasteiger partial charge is 0.233 e. The van der Waals surface area contributed by atoms with Crippen molar-refractivity contribution in [1.82, 2.24) is 20.1 Å². The number of ether oxygens (including phenoxy) is 1. The Labute approximate surface area is 178 Å². The lowest BCUT2D eigenvalue weighted by Gasteiger charge is -2.28. The van der Waals surface area contributed by atoms with Crippen LogP contribution in [-0.4, -0.2) is 58.8 Å². The summed E-state index contributed by atoms with van der Waals surface area (Å²) in [6.45, 7) is 11.0. The standard InChI is InChI=1S/C21H35N5O2S/c1-16(2)15-26-20(25-11-13-28-14-12-25)23-24-21(26)29-17(3)19(27)22-10-9-18-7-5-4-6-8-18/h7,16-17H,4-6,8-15H2,1-3H3,(H,22,27). The Morgan fingerprint density at radius 2 is 2.03 bits per heavy atom. The molecule has 0 bridgehead atoms. The zero-order valence-electron chi connectivity index (χ0n) is 18.0. The van der Waals surface area contributed by atoms with Gasteiger partial charge in [0.15, 0.2) is 5.16 Å². The molecule has 1 atom stereocenters. The lowest BCUT2D eigenvalue weighted by molar-refractivity contribution is -0.120. The summed E-state index contributed by atoms with van der Waals surface area (Å²) in [5.74, 6) is 1.43. The highest BCUT2D eigenvalue weighted by atomic mass is 32.2. The molecule has 1 amide bonds. The van der Waals surface area contributed by atoms with Crippen molar-refractivity contribution in [3.8, 4) is 0 Å². The Morgan fingerprint density at radius 1 is 1.24 bits per heavy atom. The molecule has 1 aliphatic heterocycles. The van der Waals surface area contributed by atoms with Crippen molar-refractivity contribution in [3.63, 3.8) is 0 Å². The second-order valence-corrected chi connectivity index (χ2v) is 9.60. The third kappa shape index (κ3) is 6.47. The summed E-state index contributed by atoms with van der Waals surface area (Å²) in [6.07, 6.45) is 8.26. The first-order valence-corrected chi connectivity index (χ1v) is 11.8. The molecule has 29 heavy (non-hydrogen) atoms. The van der Waals surface area contributed by atoms with Gasteiger partial charge in [0.1, 0.15) is 0 Å². The van der Waals surface area contributed by atoms with Crippen LogP contribution >= 0.6 is 11.8 Å². The van der Waals surface area contributed by atoms with Gasteiger partial charge >= 0.3 is 0 Å². The van der Waals surface area contributed by atoms with Gasteiger partial charge in [-0.1, -0.05) is 37.3 Å². The molecular weight excluding hydrogens is 386 g/mol. The van der Waals surface area contributed by atoms with E-state index in [1.165, 1.54) is 43.0 Å². The van der Waals surface area contributed by atoms with Gasteiger partial charge in [-0.15, -0.1) is 10.2 Å². The molecule has 0 spiro atoms. The number of hydrogen-bond acceptors (Lipinski definition) is 6. The van der Waals surface area contributed by atoms with Crippen LogP contribution in [0.5, 0.6) is 0 Å². The second-order valence-electron chi connectivity index (χ2n) is 8.30. The molecule has 7 nitrogen and oxygen atoms in total. The van der Waals surface area contributed by atoms with Crippen molar-refractivity contribution in [1.29, 1.82) is 0 Å². The Kier molecular flexibility index (Phi) is 8.41. The molecule has 0 radical (unpaired) electrons. The largest absolute Gasteiger partial charge is 0.378 e. The number of thioether (sulfide) groups is 1. The van der Waals surface area contributed by atoms with E-state index in [0.29, 0.717) is 25.7 Å². The minimum absolute atomic E-state index is 0.0680. The van der Waals surface area contributed by atoms with Crippen molar-refractivity contribution in [2.75, 3.05) is 37.7 Å². The zero-order chi connectivity index (χ0) is 20.6. The van der Waals surface area contributed by atoms with Crippen LogP contribution in [0.4, 0.5) is 5.95 Å². The molecule has 0 saturated carbocycles. The number of nitrogens with zero attached hydrogens (tertiary/aromatic N) is 4. The van der Waals surface area contributed by atoms with E-state index >= 15 is 0 Å². The van der Waals surface area contributed by atoms with Crippen LogP contribution in [0.3, 0.4) is 0 Å². The number of amides is 1. The van der Waals surface area contributed by atoms with Gasteiger partial charge in [0.2, 0.25) is 11.9 Å². The Bertz CT molecular complexity index is 697. The number of carbonyl (C=O) groups excluding carboxylic acids is 1. The van der Waals surface area contributed by atoms with E-state index in [1.807, 2.05) is 6.92 Å². The van der Waals surface area contributed by atoms with Crippen molar-refractivity contribution in [3.05, 3.63) is 11.6 Å². The summed E-state index contributed by atoms with van der Waals surface area (Å²) >= 11 is 1.50. The molecule has 1 aromatic heterocycles. The lowest BCUT2D eigenvalue weighted by atomic mass is 9.97. The van der Waals surface area contributed by atoms with E-state index in [-0.39, 0.29) is 11.2 Å². The molecule has 2 aliphatic rings. The highest BCUT2D eigenvalue weighted by Crippen LogP contribution is 2.27. The zero-order valence-corrected chi connectivity index (χ0v) is 18.8. The summed E-state index contributed by atoms with van der Waals surface area (Å²) in [4.78, 5) is 14.8. The van der Waals surface area contributed by atoms with Gasteiger partial charge in [0.25, 0.3) is 0 Å². The summed E-state index contributed by atoms with van der Waals surface area (Å²) in [5, 5.41) is 12.6. The quantitative estimate of drug-likeness (QED) is 0.487. The average molecular weight is 422 g/mol. The first-order valence-electron chi connectivity index (χ1n) is 10.9. The van der Waals surface area contributed by atoms with Gasteiger partial charge in [-0.2, -0.15) is 0 Å². The van der Waals surface area contributed by atoms with E-state index in [2.05, 4.69) is 44.9 Å². The normalized spacial score (nSPS) is 18.6. The van der Waals surface area contributed by atoms with Crippen LogP contribution in [0.15, 0.2) is 16.8 Å². The minimum atomic E-state index is -0.206. The van der Waals surface area contributed by atoms with Gasteiger partial charge in [-0.25, -0.2) is 0 Å². The lowest BCUT2D eigenvalue weighted by Crippen LogP contribution is -2.38. The number of morpholine rings is 1. The summed E-state index contributed by atoms with van der Waals surface area (Å²) in [6, 6.07) is 0. The van der Waals surface area contributed by atoms with Crippen molar-refractivity contribution in [2.45, 2.75) is 69.8 Å². The number of aromatic nitrogens is 3. The predicted octanol–water partition coefficient (Wildman–Crippen LogP) is 3.26. The van der Waals surface area contributed by atoms with Gasteiger partial charge in [0, 0.05) is 26.2 Å².